The summed E-state index contributed by atoms with van der Waals surface area (Å²) in [5.41, 5.74) is 17.7. The normalized spacial score (nSPS) is 11.5. The zero-order valence-electron chi connectivity index (χ0n) is 43.4. The van der Waals surface area contributed by atoms with Gasteiger partial charge in [-0.3, -0.25) is 0 Å². The van der Waals surface area contributed by atoms with Crippen LogP contribution in [-0.4, -0.2) is 0 Å². The average molecular weight is 1000 g/mol. The number of anilines is 3. The van der Waals surface area contributed by atoms with Crippen molar-refractivity contribution in [3.63, 3.8) is 0 Å². The Bertz CT molecular complexity index is 4330. The first kappa shape index (κ1) is 46.0. The van der Waals surface area contributed by atoms with Gasteiger partial charge in [0.2, 0.25) is 0 Å². The number of rotatable bonds is 9. The molecular formula is C78H51N. The van der Waals surface area contributed by atoms with Crippen molar-refractivity contribution < 1.29 is 0 Å². The standard InChI is InChI=1S/C78H51N/c1-4-10-61-43-67(25-13-52(61)7-1)70-28-19-58-16-22-64(46-73(58)49-70)55-31-37-76(38-32-55)79(77-39-33-56(34-40-77)65-23-17-59-20-29-71(50-74(59)47-65)68-26-14-53-8-2-5-11-62(53)44-68)78-41-35-57(36-42-78)66-24-18-60-21-30-72(51-75(60)48-66)69-27-15-54-9-3-6-12-63(54)45-69/h1-51H. The van der Waals surface area contributed by atoms with Crippen LogP contribution in [0.5, 0.6) is 0 Å². The zero-order chi connectivity index (χ0) is 52.2. The summed E-state index contributed by atoms with van der Waals surface area (Å²) in [4.78, 5) is 2.38. The fourth-order valence-corrected chi connectivity index (χ4v) is 11.8. The Labute approximate surface area is 460 Å². The molecular weight excluding hydrogens is 951 g/mol. The fraction of sp³-hybridized carbons (Fsp3) is 0. The second-order valence-electron chi connectivity index (χ2n) is 21.0. The summed E-state index contributed by atoms with van der Waals surface area (Å²) >= 11 is 0. The quantitative estimate of drug-likeness (QED) is 0.139. The molecule has 0 bridgehead atoms. The third kappa shape index (κ3) is 8.84. The highest BCUT2D eigenvalue weighted by molar-refractivity contribution is 5.97. The Balaban J connectivity index is 0.762. The zero-order valence-corrected chi connectivity index (χ0v) is 43.4. The van der Waals surface area contributed by atoms with Crippen molar-refractivity contribution in [1.29, 1.82) is 0 Å². The summed E-state index contributed by atoms with van der Waals surface area (Å²) in [6.45, 7) is 0. The van der Waals surface area contributed by atoms with E-state index in [4.69, 9.17) is 0 Å². The Morgan fingerprint density at radius 2 is 0.291 bits per heavy atom. The Kier molecular flexibility index (Phi) is 11.3. The van der Waals surface area contributed by atoms with Gasteiger partial charge in [-0.25, -0.2) is 0 Å². The number of benzene rings is 15. The lowest BCUT2D eigenvalue weighted by Gasteiger charge is -2.26. The predicted molar refractivity (Wildman–Crippen MR) is 339 cm³/mol. The van der Waals surface area contributed by atoms with Gasteiger partial charge in [0.1, 0.15) is 0 Å². The highest BCUT2D eigenvalue weighted by atomic mass is 15.1. The topological polar surface area (TPSA) is 3.24 Å². The smallest absolute Gasteiger partial charge is 0.0462 e. The molecule has 15 aromatic carbocycles. The molecule has 0 amide bonds. The lowest BCUT2D eigenvalue weighted by Crippen LogP contribution is -2.09. The van der Waals surface area contributed by atoms with Crippen LogP contribution in [0, 0.1) is 0 Å². The molecule has 0 saturated heterocycles. The number of hydrogen-bond donors (Lipinski definition) is 0. The summed E-state index contributed by atoms with van der Waals surface area (Å²) in [7, 11) is 0. The van der Waals surface area contributed by atoms with Gasteiger partial charge < -0.3 is 4.90 Å². The number of hydrogen-bond acceptors (Lipinski definition) is 1. The fourth-order valence-electron chi connectivity index (χ4n) is 11.8. The molecule has 0 aliphatic heterocycles. The SMILES string of the molecule is c1ccc2cc(-c3ccc4ccc(-c5ccc(N(c6ccc(-c7ccc8ccc(-c9ccc%10ccccc%10c9)cc8c7)cc6)c6ccc(-c7ccc8ccc(-c9ccc%10ccccc%10c9)cc8c7)cc6)cc5)cc4c3)ccc2c1. The molecule has 0 atom stereocenters. The monoisotopic (exact) mass is 1000 g/mol. The molecule has 0 aromatic heterocycles. The molecule has 79 heavy (non-hydrogen) atoms. The highest BCUT2D eigenvalue weighted by Crippen LogP contribution is 2.40. The minimum absolute atomic E-state index is 1.09. The molecule has 0 spiro atoms. The molecule has 15 aromatic rings. The van der Waals surface area contributed by atoms with Gasteiger partial charge in [0, 0.05) is 17.1 Å². The van der Waals surface area contributed by atoms with E-state index >= 15 is 0 Å². The van der Waals surface area contributed by atoms with Gasteiger partial charge in [-0.05, 0) is 222 Å². The van der Waals surface area contributed by atoms with Crippen molar-refractivity contribution in [2.24, 2.45) is 0 Å². The molecule has 0 heterocycles. The Morgan fingerprint density at radius 1 is 0.127 bits per heavy atom. The van der Waals surface area contributed by atoms with Gasteiger partial charge in [-0.2, -0.15) is 0 Å². The summed E-state index contributed by atoms with van der Waals surface area (Å²) < 4.78 is 0. The van der Waals surface area contributed by atoms with Crippen LogP contribution in [0.4, 0.5) is 17.1 Å². The molecule has 0 aliphatic carbocycles. The average Bonchev–Trinajstić information content (AvgIpc) is 3.54. The van der Waals surface area contributed by atoms with E-state index in [1.54, 1.807) is 0 Å². The van der Waals surface area contributed by atoms with E-state index in [-0.39, 0.29) is 0 Å². The first-order valence-electron chi connectivity index (χ1n) is 27.3. The second kappa shape index (κ2) is 19.3. The summed E-state index contributed by atoms with van der Waals surface area (Å²) in [6.07, 6.45) is 0. The van der Waals surface area contributed by atoms with Crippen molar-refractivity contribution in [1.82, 2.24) is 0 Å². The van der Waals surface area contributed by atoms with Gasteiger partial charge in [0.15, 0.2) is 0 Å². The van der Waals surface area contributed by atoms with Crippen molar-refractivity contribution in [2.75, 3.05) is 4.90 Å². The third-order valence-electron chi connectivity index (χ3n) is 16.1. The maximum atomic E-state index is 2.38. The van der Waals surface area contributed by atoms with Crippen LogP contribution in [0.1, 0.15) is 0 Å². The summed E-state index contributed by atoms with van der Waals surface area (Å²) in [5.74, 6) is 0. The Hall–Kier alpha value is -10.3. The molecule has 0 fully saturated rings. The summed E-state index contributed by atoms with van der Waals surface area (Å²) in [5, 5.41) is 14.9. The minimum Gasteiger partial charge on any atom is -0.311 e. The number of nitrogens with zero attached hydrogens (tertiary/aromatic N) is 1. The van der Waals surface area contributed by atoms with Gasteiger partial charge in [-0.15, -0.1) is 0 Å². The molecule has 15 rings (SSSR count). The van der Waals surface area contributed by atoms with Crippen molar-refractivity contribution >= 4 is 81.7 Å². The Morgan fingerprint density at radius 3 is 0.519 bits per heavy atom. The molecule has 1 nitrogen and oxygen atoms in total. The van der Waals surface area contributed by atoms with Crippen LogP contribution in [0.3, 0.4) is 0 Å². The van der Waals surface area contributed by atoms with Gasteiger partial charge in [-0.1, -0.05) is 218 Å². The van der Waals surface area contributed by atoms with Crippen molar-refractivity contribution in [3.8, 4) is 66.8 Å². The van der Waals surface area contributed by atoms with Crippen molar-refractivity contribution in [3.05, 3.63) is 309 Å². The van der Waals surface area contributed by atoms with E-state index < -0.39 is 0 Å². The molecule has 0 radical (unpaired) electrons. The van der Waals surface area contributed by atoms with Crippen LogP contribution in [0.15, 0.2) is 309 Å². The van der Waals surface area contributed by atoms with Crippen LogP contribution < -0.4 is 4.90 Å². The van der Waals surface area contributed by atoms with Gasteiger partial charge in [0.25, 0.3) is 0 Å². The van der Waals surface area contributed by atoms with E-state index in [0.29, 0.717) is 0 Å². The first-order chi connectivity index (χ1) is 39.0. The highest BCUT2D eigenvalue weighted by Gasteiger charge is 2.16. The lowest BCUT2D eigenvalue weighted by molar-refractivity contribution is 1.28. The van der Waals surface area contributed by atoms with Gasteiger partial charge >= 0.3 is 0 Å². The van der Waals surface area contributed by atoms with Crippen LogP contribution >= 0.6 is 0 Å². The second-order valence-corrected chi connectivity index (χ2v) is 21.0. The van der Waals surface area contributed by atoms with E-state index in [1.807, 2.05) is 0 Å². The molecule has 0 unspecified atom stereocenters. The van der Waals surface area contributed by atoms with Gasteiger partial charge in [0.05, 0.1) is 0 Å². The van der Waals surface area contributed by atoms with E-state index in [0.717, 1.165) is 17.1 Å². The molecule has 368 valence electrons. The van der Waals surface area contributed by atoms with Crippen LogP contribution in [-0.2, 0) is 0 Å². The molecule has 0 N–H and O–H groups in total. The molecule has 0 aliphatic rings. The lowest BCUT2D eigenvalue weighted by atomic mass is 9.96. The first-order valence-corrected chi connectivity index (χ1v) is 27.3. The largest absolute Gasteiger partial charge is 0.311 e. The molecule has 1 heteroatoms. The minimum atomic E-state index is 1.09. The maximum Gasteiger partial charge on any atom is 0.0462 e. The van der Waals surface area contributed by atoms with Crippen LogP contribution in [0.2, 0.25) is 0 Å². The predicted octanol–water partition coefficient (Wildman–Crippen LogP) is 22.1. The van der Waals surface area contributed by atoms with E-state index in [1.165, 1.54) is 131 Å². The van der Waals surface area contributed by atoms with Crippen LogP contribution in [0.25, 0.3) is 131 Å². The van der Waals surface area contributed by atoms with E-state index in [2.05, 4.69) is 314 Å². The summed E-state index contributed by atoms with van der Waals surface area (Å²) in [6, 6.07) is 114. The van der Waals surface area contributed by atoms with Crippen molar-refractivity contribution in [2.45, 2.75) is 0 Å². The molecule has 0 saturated carbocycles. The third-order valence-corrected chi connectivity index (χ3v) is 16.1. The number of fused-ring (bicyclic) bond motifs is 6. The van der Waals surface area contributed by atoms with E-state index in [9.17, 15) is 0 Å². The maximum absolute atomic E-state index is 2.38.